The summed E-state index contributed by atoms with van der Waals surface area (Å²) < 4.78 is 15.8. The first-order chi connectivity index (χ1) is 13.1. The Hall–Kier alpha value is -3.22. The van der Waals surface area contributed by atoms with Gasteiger partial charge in [0.05, 0.1) is 27.8 Å². The zero-order chi connectivity index (χ0) is 19.6. The molecule has 0 fully saturated rings. The minimum Gasteiger partial charge on any atom is -0.493 e. The zero-order valence-electron chi connectivity index (χ0n) is 15.7. The fraction of sp³-hybridized carbons (Fsp3) is 0.300. The van der Waals surface area contributed by atoms with E-state index >= 15 is 0 Å². The Labute approximate surface area is 158 Å². The predicted octanol–water partition coefficient (Wildman–Crippen LogP) is 2.40. The van der Waals surface area contributed by atoms with E-state index < -0.39 is 0 Å². The van der Waals surface area contributed by atoms with Gasteiger partial charge < -0.3 is 24.8 Å². The molecule has 2 aromatic rings. The van der Waals surface area contributed by atoms with Crippen LogP contribution in [0.2, 0.25) is 0 Å². The first-order valence-electron chi connectivity index (χ1n) is 8.47. The van der Waals surface area contributed by atoms with Crippen LogP contribution in [0, 0.1) is 0 Å². The SMILES string of the molecule is COc1cc(NC(=O)CCNC(=O)Cc2ccccc2)cc(OC)c1OC. The van der Waals surface area contributed by atoms with Gasteiger partial charge in [0.25, 0.3) is 0 Å². The molecule has 7 heteroatoms. The van der Waals surface area contributed by atoms with Crippen molar-refractivity contribution in [3.05, 3.63) is 48.0 Å². The van der Waals surface area contributed by atoms with Gasteiger partial charge in [0.2, 0.25) is 17.6 Å². The third-order valence-corrected chi connectivity index (χ3v) is 3.83. The number of amides is 2. The van der Waals surface area contributed by atoms with Crippen molar-refractivity contribution in [3.63, 3.8) is 0 Å². The molecular weight excluding hydrogens is 348 g/mol. The molecular formula is C20H24N2O5. The van der Waals surface area contributed by atoms with Crippen LogP contribution in [0.3, 0.4) is 0 Å². The number of benzene rings is 2. The van der Waals surface area contributed by atoms with Gasteiger partial charge in [0.1, 0.15) is 0 Å². The molecule has 2 amide bonds. The lowest BCUT2D eigenvalue weighted by Crippen LogP contribution is -2.28. The summed E-state index contributed by atoms with van der Waals surface area (Å²) in [6.07, 6.45) is 0.437. The minimum atomic E-state index is -0.232. The van der Waals surface area contributed by atoms with E-state index in [1.54, 1.807) is 12.1 Å². The second kappa shape index (κ2) is 10.1. The molecule has 0 aliphatic heterocycles. The van der Waals surface area contributed by atoms with Crippen LogP contribution < -0.4 is 24.8 Å². The van der Waals surface area contributed by atoms with Crippen molar-refractivity contribution in [2.75, 3.05) is 33.2 Å². The van der Waals surface area contributed by atoms with E-state index in [0.717, 1.165) is 5.56 Å². The Balaban J connectivity index is 1.86. The molecule has 0 aliphatic carbocycles. The third kappa shape index (κ3) is 5.91. The van der Waals surface area contributed by atoms with Crippen molar-refractivity contribution in [3.8, 4) is 17.2 Å². The van der Waals surface area contributed by atoms with Gasteiger partial charge in [-0.25, -0.2) is 0 Å². The van der Waals surface area contributed by atoms with Crippen molar-refractivity contribution in [2.24, 2.45) is 0 Å². The van der Waals surface area contributed by atoms with E-state index in [9.17, 15) is 9.59 Å². The topological polar surface area (TPSA) is 85.9 Å². The Bertz CT molecular complexity index is 752. The number of hydrogen-bond acceptors (Lipinski definition) is 5. The molecule has 144 valence electrons. The Kier molecular flexibility index (Phi) is 7.49. The molecule has 0 aliphatic rings. The maximum Gasteiger partial charge on any atom is 0.226 e. The van der Waals surface area contributed by atoms with E-state index in [0.29, 0.717) is 22.9 Å². The number of hydrogen-bond donors (Lipinski definition) is 2. The summed E-state index contributed by atoms with van der Waals surface area (Å²) in [5, 5.41) is 5.50. The summed E-state index contributed by atoms with van der Waals surface area (Å²) in [6.45, 7) is 0.252. The molecule has 0 atom stereocenters. The monoisotopic (exact) mass is 372 g/mol. The van der Waals surface area contributed by atoms with E-state index in [-0.39, 0.29) is 31.2 Å². The van der Waals surface area contributed by atoms with Gasteiger partial charge in [0.15, 0.2) is 11.5 Å². The lowest BCUT2D eigenvalue weighted by Gasteiger charge is -2.14. The fourth-order valence-electron chi connectivity index (χ4n) is 2.54. The number of carbonyl (C=O) groups is 2. The van der Waals surface area contributed by atoms with E-state index in [4.69, 9.17) is 14.2 Å². The second-order valence-corrected chi connectivity index (χ2v) is 5.72. The minimum absolute atomic E-state index is 0.123. The molecule has 0 unspecified atom stereocenters. The number of anilines is 1. The van der Waals surface area contributed by atoms with E-state index in [1.165, 1.54) is 21.3 Å². The molecule has 2 N–H and O–H groups in total. The summed E-state index contributed by atoms with van der Waals surface area (Å²) in [5.74, 6) is 0.990. The first kappa shape index (κ1) is 20.1. The third-order valence-electron chi connectivity index (χ3n) is 3.83. The highest BCUT2D eigenvalue weighted by molar-refractivity contribution is 5.92. The summed E-state index contributed by atoms with van der Waals surface area (Å²) in [7, 11) is 4.52. The highest BCUT2D eigenvalue weighted by atomic mass is 16.5. The maximum absolute atomic E-state index is 12.1. The van der Waals surface area contributed by atoms with Crippen molar-refractivity contribution >= 4 is 17.5 Å². The first-order valence-corrected chi connectivity index (χ1v) is 8.47. The number of ether oxygens (including phenoxy) is 3. The van der Waals surface area contributed by atoms with Gasteiger partial charge in [-0.15, -0.1) is 0 Å². The van der Waals surface area contributed by atoms with Crippen LogP contribution >= 0.6 is 0 Å². The van der Waals surface area contributed by atoms with Gasteiger partial charge in [-0.1, -0.05) is 30.3 Å². The molecule has 2 rings (SSSR count). The summed E-state index contributed by atoms with van der Waals surface area (Å²) >= 11 is 0. The molecule has 0 bridgehead atoms. The average Bonchev–Trinajstić information content (AvgIpc) is 2.67. The average molecular weight is 372 g/mol. The molecule has 2 aromatic carbocycles. The number of methoxy groups -OCH3 is 3. The van der Waals surface area contributed by atoms with Crippen LogP contribution in [0.25, 0.3) is 0 Å². The lowest BCUT2D eigenvalue weighted by molar-refractivity contribution is -0.120. The van der Waals surface area contributed by atoms with Crippen molar-refractivity contribution in [1.29, 1.82) is 0 Å². The highest BCUT2D eigenvalue weighted by Gasteiger charge is 2.14. The van der Waals surface area contributed by atoms with Crippen molar-refractivity contribution in [2.45, 2.75) is 12.8 Å². The fourth-order valence-corrected chi connectivity index (χ4v) is 2.54. The van der Waals surface area contributed by atoms with Crippen molar-refractivity contribution in [1.82, 2.24) is 5.32 Å². The highest BCUT2D eigenvalue weighted by Crippen LogP contribution is 2.39. The Morgan fingerprint density at radius 3 is 2.07 bits per heavy atom. The van der Waals surface area contributed by atoms with Gasteiger partial charge in [-0.3, -0.25) is 9.59 Å². The van der Waals surface area contributed by atoms with Gasteiger partial charge in [-0.05, 0) is 5.56 Å². The maximum atomic E-state index is 12.1. The number of carbonyl (C=O) groups excluding carboxylic acids is 2. The van der Waals surface area contributed by atoms with Gasteiger partial charge in [-0.2, -0.15) is 0 Å². The Morgan fingerprint density at radius 1 is 0.889 bits per heavy atom. The number of nitrogens with one attached hydrogen (secondary N) is 2. The summed E-state index contributed by atoms with van der Waals surface area (Å²) in [5.41, 5.74) is 1.45. The largest absolute Gasteiger partial charge is 0.493 e. The van der Waals surface area contributed by atoms with Crippen LogP contribution in [-0.4, -0.2) is 39.7 Å². The molecule has 0 aromatic heterocycles. The molecule has 0 heterocycles. The number of rotatable bonds is 9. The summed E-state index contributed by atoms with van der Waals surface area (Å²) in [4.78, 5) is 24.0. The molecule has 7 nitrogen and oxygen atoms in total. The van der Waals surface area contributed by atoms with Crippen LogP contribution in [0.15, 0.2) is 42.5 Å². The summed E-state index contributed by atoms with van der Waals surface area (Å²) in [6, 6.07) is 12.7. The van der Waals surface area contributed by atoms with Crippen LogP contribution in [0.1, 0.15) is 12.0 Å². The van der Waals surface area contributed by atoms with E-state index in [1.807, 2.05) is 30.3 Å². The normalized spacial score (nSPS) is 10.0. The van der Waals surface area contributed by atoms with Crippen LogP contribution in [-0.2, 0) is 16.0 Å². The van der Waals surface area contributed by atoms with Gasteiger partial charge in [0, 0.05) is 30.8 Å². The van der Waals surface area contributed by atoms with Crippen LogP contribution in [0.5, 0.6) is 17.2 Å². The zero-order valence-corrected chi connectivity index (χ0v) is 15.7. The van der Waals surface area contributed by atoms with Crippen molar-refractivity contribution < 1.29 is 23.8 Å². The molecule has 0 radical (unpaired) electrons. The standard InChI is InChI=1S/C20H24N2O5/c1-25-16-12-15(13-17(26-2)20(16)27-3)22-18(23)9-10-21-19(24)11-14-7-5-4-6-8-14/h4-8,12-13H,9-11H2,1-3H3,(H,21,24)(H,22,23). The lowest BCUT2D eigenvalue weighted by atomic mass is 10.1. The molecule has 0 spiro atoms. The van der Waals surface area contributed by atoms with Crippen LogP contribution in [0.4, 0.5) is 5.69 Å². The second-order valence-electron chi connectivity index (χ2n) is 5.72. The molecule has 0 saturated heterocycles. The molecule has 0 saturated carbocycles. The Morgan fingerprint density at radius 2 is 1.52 bits per heavy atom. The molecule has 27 heavy (non-hydrogen) atoms. The smallest absolute Gasteiger partial charge is 0.226 e. The van der Waals surface area contributed by atoms with E-state index in [2.05, 4.69) is 10.6 Å². The predicted molar refractivity (Wildman–Crippen MR) is 103 cm³/mol. The van der Waals surface area contributed by atoms with Gasteiger partial charge >= 0.3 is 0 Å². The quantitative estimate of drug-likeness (QED) is 0.706.